The fourth-order valence-electron chi connectivity index (χ4n) is 0.618. The molecule has 1 aliphatic rings. The molecule has 0 aliphatic carbocycles. The first-order valence-electron chi connectivity index (χ1n) is 2.50. The molecule has 0 spiro atoms. The minimum absolute atomic E-state index is 0.266. The highest BCUT2D eigenvalue weighted by molar-refractivity contribution is 6.66. The number of hydrogen-bond acceptors (Lipinski definition) is 3. The van der Waals surface area contributed by atoms with Crippen LogP contribution in [0.25, 0.3) is 0 Å². The van der Waals surface area contributed by atoms with Crippen molar-refractivity contribution in [3.8, 4) is 0 Å². The quantitative estimate of drug-likeness (QED) is 0.407. The normalized spacial score (nSPS) is 18.9. The topological polar surface area (TPSA) is 49.7 Å². The van der Waals surface area contributed by atoms with Crippen LogP contribution in [0.15, 0.2) is 5.10 Å². The Morgan fingerprint density at radius 3 is 2.11 bits per heavy atom. The van der Waals surface area contributed by atoms with Gasteiger partial charge in [0, 0.05) is 7.05 Å². The Hall–Kier alpha value is -1.19. The molecule has 4 heteroatoms. The molecule has 0 saturated heterocycles. The van der Waals surface area contributed by atoms with Gasteiger partial charge in [0.2, 0.25) is 0 Å². The van der Waals surface area contributed by atoms with Gasteiger partial charge in [-0.3, -0.25) is 9.59 Å². The fraction of sp³-hybridized carbons (Fsp3) is 0.400. The summed E-state index contributed by atoms with van der Waals surface area (Å²) in [6, 6.07) is 0. The van der Waals surface area contributed by atoms with Crippen molar-refractivity contribution in [1.29, 1.82) is 0 Å². The predicted octanol–water partition coefficient (Wildman–Crippen LogP) is -0.597. The van der Waals surface area contributed by atoms with Crippen molar-refractivity contribution in [2.75, 3.05) is 7.05 Å². The van der Waals surface area contributed by atoms with Crippen molar-refractivity contribution in [2.45, 2.75) is 6.92 Å². The van der Waals surface area contributed by atoms with Crippen LogP contribution in [0.2, 0.25) is 0 Å². The Bertz CT molecular complexity index is 207. The number of carbonyl (C=O) groups excluding carboxylic acids is 2. The summed E-state index contributed by atoms with van der Waals surface area (Å²) in [4.78, 5) is 21.2. The molecule has 4 nitrogen and oxygen atoms in total. The molecule has 1 heterocycles. The highest BCUT2D eigenvalue weighted by Crippen LogP contribution is 1.99. The maximum Gasteiger partial charge on any atom is 0.316 e. The van der Waals surface area contributed by atoms with E-state index in [2.05, 4.69) is 5.10 Å². The van der Waals surface area contributed by atoms with Crippen LogP contribution in [0, 0.1) is 0 Å². The van der Waals surface area contributed by atoms with E-state index in [0.29, 0.717) is 0 Å². The molecule has 0 radical (unpaired) electrons. The molecule has 0 fully saturated rings. The zero-order valence-electron chi connectivity index (χ0n) is 5.21. The number of Topliss-reactive ketones (excluding diaryl/α,β-unsaturated/α-hetero) is 1. The van der Waals surface area contributed by atoms with E-state index in [9.17, 15) is 9.59 Å². The molecule has 48 valence electrons. The zero-order valence-corrected chi connectivity index (χ0v) is 5.21. The van der Waals surface area contributed by atoms with Gasteiger partial charge in [-0.1, -0.05) is 0 Å². The lowest BCUT2D eigenvalue weighted by Crippen LogP contribution is -2.23. The van der Waals surface area contributed by atoms with Crippen molar-refractivity contribution in [3.63, 3.8) is 0 Å². The molecule has 0 saturated carbocycles. The molecular weight excluding hydrogens is 120 g/mol. The van der Waals surface area contributed by atoms with Gasteiger partial charge in [0.25, 0.3) is 5.78 Å². The standard InChI is InChI=1S/C5H6N2O2/c1-3-4(8)5(9)7(2)6-3/h1-2H3. The predicted molar refractivity (Wildman–Crippen MR) is 30.9 cm³/mol. The van der Waals surface area contributed by atoms with Gasteiger partial charge in [0.1, 0.15) is 5.71 Å². The number of hydrazone groups is 1. The van der Waals surface area contributed by atoms with Crippen molar-refractivity contribution in [2.24, 2.45) is 5.10 Å². The zero-order chi connectivity index (χ0) is 7.02. The average molecular weight is 126 g/mol. The molecule has 0 bridgehead atoms. The number of hydrogen-bond donors (Lipinski definition) is 0. The van der Waals surface area contributed by atoms with Crippen molar-refractivity contribution < 1.29 is 9.59 Å². The highest BCUT2D eigenvalue weighted by atomic mass is 16.2. The number of nitrogens with zero attached hydrogens (tertiary/aromatic N) is 2. The summed E-state index contributed by atoms with van der Waals surface area (Å²) in [5, 5.41) is 4.64. The molecule has 1 rings (SSSR count). The largest absolute Gasteiger partial charge is 0.316 e. The van der Waals surface area contributed by atoms with Gasteiger partial charge in [-0.15, -0.1) is 0 Å². The number of ketones is 1. The third kappa shape index (κ3) is 0.718. The lowest BCUT2D eigenvalue weighted by Gasteiger charge is -1.97. The molecule has 0 N–H and O–H groups in total. The Balaban J connectivity index is 2.95. The molecule has 0 unspecified atom stereocenters. The maximum atomic E-state index is 10.6. The van der Waals surface area contributed by atoms with Crippen molar-refractivity contribution in [1.82, 2.24) is 5.01 Å². The van der Waals surface area contributed by atoms with Crippen LogP contribution in [-0.2, 0) is 9.59 Å². The monoisotopic (exact) mass is 126 g/mol. The lowest BCUT2D eigenvalue weighted by atomic mass is 10.3. The fourth-order valence-corrected chi connectivity index (χ4v) is 0.618. The Kier molecular flexibility index (Phi) is 1.09. The maximum absolute atomic E-state index is 10.6. The summed E-state index contributed by atoms with van der Waals surface area (Å²) >= 11 is 0. The van der Waals surface area contributed by atoms with Gasteiger partial charge in [0.15, 0.2) is 0 Å². The first-order valence-corrected chi connectivity index (χ1v) is 2.50. The van der Waals surface area contributed by atoms with E-state index in [1.807, 2.05) is 0 Å². The molecule has 0 aromatic carbocycles. The number of carbonyl (C=O) groups is 2. The van der Waals surface area contributed by atoms with E-state index in [-0.39, 0.29) is 5.71 Å². The van der Waals surface area contributed by atoms with E-state index in [0.717, 1.165) is 5.01 Å². The van der Waals surface area contributed by atoms with E-state index < -0.39 is 11.7 Å². The summed E-state index contributed by atoms with van der Waals surface area (Å²) in [7, 11) is 1.46. The van der Waals surface area contributed by atoms with Gasteiger partial charge in [-0.25, -0.2) is 5.01 Å². The third-order valence-electron chi connectivity index (χ3n) is 1.12. The van der Waals surface area contributed by atoms with Crippen LogP contribution >= 0.6 is 0 Å². The van der Waals surface area contributed by atoms with Gasteiger partial charge in [-0.2, -0.15) is 5.10 Å². The Morgan fingerprint density at radius 1 is 1.44 bits per heavy atom. The smallest absolute Gasteiger partial charge is 0.282 e. The van der Waals surface area contributed by atoms with Gasteiger partial charge >= 0.3 is 5.91 Å². The summed E-state index contributed by atoms with van der Waals surface area (Å²) < 4.78 is 0. The number of amides is 1. The molecule has 0 aromatic rings. The molecule has 9 heavy (non-hydrogen) atoms. The van der Waals surface area contributed by atoms with Gasteiger partial charge < -0.3 is 0 Å². The first kappa shape index (κ1) is 5.94. The summed E-state index contributed by atoms with van der Waals surface area (Å²) in [5.74, 6) is -1.05. The van der Waals surface area contributed by atoms with Crippen LogP contribution in [0.5, 0.6) is 0 Å². The van der Waals surface area contributed by atoms with E-state index in [1.54, 1.807) is 0 Å². The minimum atomic E-state index is -0.549. The molecule has 0 aromatic heterocycles. The van der Waals surface area contributed by atoms with E-state index >= 15 is 0 Å². The SMILES string of the molecule is CC1=NN(C)C(=O)C1=O. The molecule has 1 aliphatic heterocycles. The summed E-state index contributed by atoms with van der Waals surface area (Å²) in [6.45, 7) is 1.52. The molecule has 0 atom stereocenters. The highest BCUT2D eigenvalue weighted by Gasteiger charge is 2.27. The summed E-state index contributed by atoms with van der Waals surface area (Å²) in [6.07, 6.45) is 0. The van der Waals surface area contributed by atoms with Gasteiger partial charge in [0.05, 0.1) is 0 Å². The summed E-state index contributed by atoms with van der Waals surface area (Å²) in [5.41, 5.74) is 0.266. The molecular formula is C5H6N2O2. The Morgan fingerprint density at radius 2 is 2.00 bits per heavy atom. The average Bonchev–Trinajstić information content (AvgIpc) is 1.98. The second-order valence-electron chi connectivity index (χ2n) is 1.84. The number of rotatable bonds is 0. The van der Waals surface area contributed by atoms with Gasteiger partial charge in [-0.05, 0) is 6.92 Å². The van der Waals surface area contributed by atoms with Crippen molar-refractivity contribution in [3.05, 3.63) is 0 Å². The second kappa shape index (κ2) is 1.65. The van der Waals surface area contributed by atoms with Crippen LogP contribution in [0.3, 0.4) is 0 Å². The molecule has 1 amide bonds. The van der Waals surface area contributed by atoms with Crippen LogP contribution in [-0.4, -0.2) is 29.5 Å². The third-order valence-corrected chi connectivity index (χ3v) is 1.12. The number of likely N-dealkylation sites (N-methyl/N-ethyl adjacent to an activating group) is 1. The van der Waals surface area contributed by atoms with Crippen LogP contribution in [0.4, 0.5) is 0 Å². The van der Waals surface area contributed by atoms with E-state index in [1.165, 1.54) is 14.0 Å². The van der Waals surface area contributed by atoms with Crippen LogP contribution in [0.1, 0.15) is 6.92 Å². The minimum Gasteiger partial charge on any atom is -0.282 e. The van der Waals surface area contributed by atoms with Crippen molar-refractivity contribution >= 4 is 17.4 Å². The lowest BCUT2D eigenvalue weighted by molar-refractivity contribution is -0.138. The second-order valence-corrected chi connectivity index (χ2v) is 1.84. The first-order chi connectivity index (χ1) is 4.13. The Labute approximate surface area is 52.1 Å². The van der Waals surface area contributed by atoms with E-state index in [4.69, 9.17) is 0 Å². The van der Waals surface area contributed by atoms with Crippen LogP contribution < -0.4 is 0 Å².